The first-order valence-corrected chi connectivity index (χ1v) is 10.6. The molecule has 0 aliphatic heterocycles. The molecule has 1 aromatic carbocycles. The summed E-state index contributed by atoms with van der Waals surface area (Å²) in [5, 5.41) is 0. The normalized spacial score (nSPS) is 13.6. The minimum Gasteiger partial charge on any atom is -0.263 e. The Bertz CT molecular complexity index is 927. The second-order valence-electron chi connectivity index (χ2n) is 5.95. The third kappa shape index (κ3) is 5.00. The maximum absolute atomic E-state index is 12.4. The van der Waals surface area contributed by atoms with Crippen LogP contribution in [-0.2, 0) is 20.0 Å². The number of aromatic nitrogens is 1. The van der Waals surface area contributed by atoms with Gasteiger partial charge in [-0.1, -0.05) is 26.0 Å². The van der Waals surface area contributed by atoms with E-state index in [0.717, 1.165) is 6.07 Å². The molecule has 25 heavy (non-hydrogen) atoms. The summed E-state index contributed by atoms with van der Waals surface area (Å²) in [6.07, 6.45) is 1.45. The van der Waals surface area contributed by atoms with Crippen molar-refractivity contribution in [2.45, 2.75) is 36.6 Å². The van der Waals surface area contributed by atoms with Crippen LogP contribution in [0.15, 0.2) is 58.5 Å². The summed E-state index contributed by atoms with van der Waals surface area (Å²) in [5.74, 6) is 0.259. The summed E-state index contributed by atoms with van der Waals surface area (Å²) in [7, 11) is -7.76. The highest BCUT2D eigenvalue weighted by molar-refractivity contribution is 7.93. The van der Waals surface area contributed by atoms with Gasteiger partial charge >= 0.3 is 0 Å². The lowest BCUT2D eigenvalue weighted by molar-refractivity contribution is 0.476. The van der Waals surface area contributed by atoms with Crippen LogP contribution in [0.2, 0.25) is 0 Å². The minimum absolute atomic E-state index is 0.104. The lowest BCUT2D eigenvalue weighted by atomic mass is 10.1. The van der Waals surface area contributed by atoms with Crippen molar-refractivity contribution >= 4 is 25.9 Å². The zero-order chi connectivity index (χ0) is 18.7. The first-order valence-electron chi connectivity index (χ1n) is 7.68. The Kier molecular flexibility index (Phi) is 5.81. The topological polar surface area (TPSA) is 105 Å². The average molecular weight is 383 g/mol. The van der Waals surface area contributed by atoms with E-state index >= 15 is 0 Å². The van der Waals surface area contributed by atoms with Crippen molar-refractivity contribution in [1.82, 2.24) is 9.71 Å². The van der Waals surface area contributed by atoms with Gasteiger partial charge in [0.15, 0.2) is 0 Å². The Morgan fingerprint density at radius 1 is 0.880 bits per heavy atom. The maximum Gasteiger partial charge on any atom is 0.263 e. The molecule has 0 unspecified atom stereocenters. The van der Waals surface area contributed by atoms with E-state index in [-0.39, 0.29) is 27.6 Å². The van der Waals surface area contributed by atoms with E-state index in [4.69, 9.17) is 0 Å². The van der Waals surface area contributed by atoms with E-state index in [1.165, 1.54) is 30.5 Å². The van der Waals surface area contributed by atoms with Crippen LogP contribution in [0.3, 0.4) is 0 Å². The van der Waals surface area contributed by atoms with Crippen LogP contribution < -0.4 is 9.44 Å². The Morgan fingerprint density at radius 2 is 1.52 bits per heavy atom. The summed E-state index contributed by atoms with van der Waals surface area (Å²) in [4.78, 5) is 3.64. The second-order valence-corrected chi connectivity index (χ2v) is 9.35. The fourth-order valence-corrected chi connectivity index (χ4v) is 4.44. The molecule has 1 atom stereocenters. The molecule has 2 aromatic rings. The summed E-state index contributed by atoms with van der Waals surface area (Å²) in [6.45, 7) is 5.54. The van der Waals surface area contributed by atoms with Crippen molar-refractivity contribution in [3.05, 3.63) is 48.7 Å². The van der Waals surface area contributed by atoms with Crippen molar-refractivity contribution in [3.63, 3.8) is 0 Å². The Morgan fingerprint density at radius 3 is 2.08 bits per heavy atom. The SMILES string of the molecule is CC(C)[C@@H](C)NS(=O)(=O)c1cccc(S(=O)(=O)Nc2ccccn2)c1. The molecule has 2 rings (SSSR count). The molecular formula is C16H21N3O4S2. The molecule has 0 spiro atoms. The Balaban J connectivity index is 2.32. The molecule has 1 heterocycles. The van der Waals surface area contributed by atoms with Gasteiger partial charge in [0.2, 0.25) is 10.0 Å². The number of nitrogens with one attached hydrogen (secondary N) is 2. The Hall–Kier alpha value is -1.97. The highest BCUT2D eigenvalue weighted by Crippen LogP contribution is 2.19. The number of hydrogen-bond donors (Lipinski definition) is 2. The van der Waals surface area contributed by atoms with Gasteiger partial charge in [0.25, 0.3) is 10.0 Å². The molecule has 0 fully saturated rings. The lowest BCUT2D eigenvalue weighted by Crippen LogP contribution is -2.36. The highest BCUT2D eigenvalue weighted by atomic mass is 32.2. The number of hydrogen-bond acceptors (Lipinski definition) is 5. The number of sulfonamides is 2. The first-order chi connectivity index (χ1) is 11.6. The molecule has 7 nitrogen and oxygen atoms in total. The minimum atomic E-state index is -3.95. The van der Waals surface area contributed by atoms with Gasteiger partial charge in [-0.3, -0.25) is 4.72 Å². The third-order valence-electron chi connectivity index (χ3n) is 3.67. The molecule has 0 saturated carbocycles. The zero-order valence-electron chi connectivity index (χ0n) is 14.2. The van der Waals surface area contributed by atoms with Gasteiger partial charge in [0.1, 0.15) is 5.82 Å². The summed E-state index contributed by atoms with van der Waals surface area (Å²) in [5.41, 5.74) is 0. The predicted octanol–water partition coefficient (Wildman–Crippen LogP) is 2.21. The third-order valence-corrected chi connectivity index (χ3v) is 6.58. The van der Waals surface area contributed by atoms with Crippen molar-refractivity contribution in [2.75, 3.05) is 4.72 Å². The molecule has 2 N–H and O–H groups in total. The van der Waals surface area contributed by atoms with E-state index in [1.807, 2.05) is 13.8 Å². The quantitative estimate of drug-likeness (QED) is 0.762. The van der Waals surface area contributed by atoms with Crippen LogP contribution in [0.4, 0.5) is 5.82 Å². The number of pyridine rings is 1. The average Bonchev–Trinajstić information content (AvgIpc) is 2.55. The molecule has 0 aliphatic rings. The van der Waals surface area contributed by atoms with E-state index in [1.54, 1.807) is 19.1 Å². The van der Waals surface area contributed by atoms with Crippen LogP contribution in [0.1, 0.15) is 20.8 Å². The molecule has 0 radical (unpaired) electrons. The largest absolute Gasteiger partial charge is 0.263 e. The van der Waals surface area contributed by atoms with Crippen LogP contribution in [0, 0.1) is 5.92 Å². The standard InChI is InChI=1S/C16H21N3O4S2/c1-12(2)13(3)18-24(20,21)14-7-6-8-15(11-14)25(22,23)19-16-9-4-5-10-17-16/h4-13,18H,1-3H3,(H,17,19)/t13-/m1/s1. The monoisotopic (exact) mass is 383 g/mol. The molecule has 0 bridgehead atoms. The fourth-order valence-electron chi connectivity index (χ4n) is 1.88. The number of rotatable bonds is 7. The van der Waals surface area contributed by atoms with Crippen LogP contribution in [0.5, 0.6) is 0 Å². The predicted molar refractivity (Wildman–Crippen MR) is 96.1 cm³/mol. The van der Waals surface area contributed by atoms with Gasteiger partial charge in [-0.25, -0.2) is 26.5 Å². The first kappa shape index (κ1) is 19.4. The summed E-state index contributed by atoms with van der Waals surface area (Å²) >= 11 is 0. The second kappa shape index (κ2) is 7.51. The van der Waals surface area contributed by atoms with Crippen molar-refractivity contribution < 1.29 is 16.8 Å². The van der Waals surface area contributed by atoms with Gasteiger partial charge in [-0.2, -0.15) is 0 Å². The molecule has 0 amide bonds. The van der Waals surface area contributed by atoms with Gasteiger partial charge < -0.3 is 0 Å². The van der Waals surface area contributed by atoms with Crippen LogP contribution >= 0.6 is 0 Å². The van der Waals surface area contributed by atoms with Gasteiger partial charge in [0, 0.05) is 12.2 Å². The van der Waals surface area contributed by atoms with E-state index in [2.05, 4.69) is 14.4 Å². The number of anilines is 1. The highest BCUT2D eigenvalue weighted by Gasteiger charge is 2.22. The van der Waals surface area contributed by atoms with Crippen molar-refractivity contribution in [1.29, 1.82) is 0 Å². The smallest absolute Gasteiger partial charge is 0.263 e. The van der Waals surface area contributed by atoms with Gasteiger partial charge in [0.05, 0.1) is 9.79 Å². The van der Waals surface area contributed by atoms with Gasteiger partial charge in [-0.15, -0.1) is 0 Å². The molecule has 136 valence electrons. The molecular weight excluding hydrogens is 362 g/mol. The number of benzene rings is 1. The van der Waals surface area contributed by atoms with Gasteiger partial charge in [-0.05, 0) is 43.2 Å². The van der Waals surface area contributed by atoms with Crippen LogP contribution in [0.25, 0.3) is 0 Å². The molecule has 9 heteroatoms. The Labute approximate surface area is 148 Å². The van der Waals surface area contributed by atoms with Crippen LogP contribution in [-0.4, -0.2) is 27.9 Å². The van der Waals surface area contributed by atoms with E-state index < -0.39 is 20.0 Å². The van der Waals surface area contributed by atoms with Crippen molar-refractivity contribution in [2.24, 2.45) is 5.92 Å². The van der Waals surface area contributed by atoms with Crippen molar-refractivity contribution in [3.8, 4) is 0 Å². The maximum atomic E-state index is 12.4. The summed E-state index contributed by atoms with van der Waals surface area (Å²) in [6, 6.07) is 9.73. The zero-order valence-corrected chi connectivity index (χ0v) is 15.8. The summed E-state index contributed by atoms with van der Waals surface area (Å²) < 4.78 is 54.6. The molecule has 0 aliphatic carbocycles. The van der Waals surface area contributed by atoms with E-state index in [9.17, 15) is 16.8 Å². The van der Waals surface area contributed by atoms with E-state index in [0.29, 0.717) is 0 Å². The fraction of sp³-hybridized carbons (Fsp3) is 0.312. The molecule has 1 aromatic heterocycles. The lowest BCUT2D eigenvalue weighted by Gasteiger charge is -2.17. The molecule has 0 saturated heterocycles. The number of nitrogens with zero attached hydrogens (tertiary/aromatic N) is 1.